The van der Waals surface area contributed by atoms with Gasteiger partial charge in [0.1, 0.15) is 0 Å². The zero-order valence-corrected chi connectivity index (χ0v) is 12.5. The maximum Gasteiger partial charge on any atom is 0.0844 e. The molecule has 0 saturated heterocycles. The van der Waals surface area contributed by atoms with E-state index in [-0.39, 0.29) is 5.60 Å². The van der Waals surface area contributed by atoms with Crippen LogP contribution < -0.4 is 11.3 Å². The van der Waals surface area contributed by atoms with Gasteiger partial charge in [-0.05, 0) is 38.0 Å². The van der Waals surface area contributed by atoms with Crippen LogP contribution in [0.1, 0.15) is 71.6 Å². The molecule has 3 N–H and O–H groups in total. The quantitative estimate of drug-likeness (QED) is 0.397. The number of hydrogen-bond donors (Lipinski definition) is 2. The Balaban J connectivity index is 2.48. The highest BCUT2D eigenvalue weighted by molar-refractivity contribution is 4.95. The van der Waals surface area contributed by atoms with E-state index in [0.717, 1.165) is 25.2 Å². The predicted molar refractivity (Wildman–Crippen MR) is 77.2 cm³/mol. The van der Waals surface area contributed by atoms with Crippen molar-refractivity contribution >= 4 is 0 Å². The van der Waals surface area contributed by atoms with E-state index in [4.69, 9.17) is 10.6 Å². The topological polar surface area (TPSA) is 47.3 Å². The van der Waals surface area contributed by atoms with Crippen LogP contribution in [0.25, 0.3) is 0 Å². The van der Waals surface area contributed by atoms with Crippen molar-refractivity contribution in [2.24, 2.45) is 11.8 Å². The Kier molecular flexibility index (Phi) is 7.20. The summed E-state index contributed by atoms with van der Waals surface area (Å²) in [6.45, 7) is 4.59. The van der Waals surface area contributed by atoms with Gasteiger partial charge in [-0.3, -0.25) is 11.3 Å². The van der Waals surface area contributed by atoms with Crippen molar-refractivity contribution < 1.29 is 4.74 Å². The van der Waals surface area contributed by atoms with Crippen molar-refractivity contribution in [1.82, 2.24) is 5.43 Å². The van der Waals surface area contributed by atoms with E-state index in [1.165, 1.54) is 38.5 Å². The van der Waals surface area contributed by atoms with Gasteiger partial charge in [0.15, 0.2) is 0 Å². The molecular formula is C15H32N2O. The van der Waals surface area contributed by atoms with Gasteiger partial charge in [0.05, 0.1) is 11.6 Å². The molecule has 108 valence electrons. The van der Waals surface area contributed by atoms with Crippen LogP contribution in [0, 0.1) is 5.92 Å². The molecule has 1 fully saturated rings. The summed E-state index contributed by atoms with van der Waals surface area (Å²) in [6, 6.07) is 0.312. The first-order valence-corrected chi connectivity index (χ1v) is 7.69. The molecule has 1 atom stereocenters. The highest BCUT2D eigenvalue weighted by atomic mass is 16.5. The van der Waals surface area contributed by atoms with Crippen LogP contribution in [0.5, 0.6) is 0 Å². The smallest absolute Gasteiger partial charge is 0.0844 e. The van der Waals surface area contributed by atoms with Gasteiger partial charge in [0.2, 0.25) is 0 Å². The van der Waals surface area contributed by atoms with Crippen LogP contribution in [-0.4, -0.2) is 18.8 Å². The van der Waals surface area contributed by atoms with Crippen molar-refractivity contribution in [1.29, 1.82) is 0 Å². The second-order valence-corrected chi connectivity index (χ2v) is 6.02. The van der Waals surface area contributed by atoms with Gasteiger partial charge < -0.3 is 4.74 Å². The minimum Gasteiger partial charge on any atom is -0.377 e. The highest BCUT2D eigenvalue weighted by Gasteiger charge is 2.40. The molecule has 0 amide bonds. The van der Waals surface area contributed by atoms with Crippen molar-refractivity contribution in [2.75, 3.05) is 7.11 Å². The van der Waals surface area contributed by atoms with E-state index in [1.54, 1.807) is 0 Å². The average Bonchev–Trinajstić information content (AvgIpc) is 2.41. The minimum absolute atomic E-state index is 0.0204. The van der Waals surface area contributed by atoms with Crippen molar-refractivity contribution in [3.8, 4) is 0 Å². The Morgan fingerprint density at radius 1 is 1.28 bits per heavy atom. The fourth-order valence-electron chi connectivity index (χ4n) is 3.22. The van der Waals surface area contributed by atoms with E-state index in [0.29, 0.717) is 6.04 Å². The Labute approximate surface area is 113 Å². The molecule has 3 heteroatoms. The first-order valence-electron chi connectivity index (χ1n) is 7.69. The second-order valence-electron chi connectivity index (χ2n) is 6.02. The third-order valence-electron chi connectivity index (χ3n) is 4.71. The SMILES string of the molecule is CCCCCCC(NN)C1(OC)CCC(C)CC1. The molecular weight excluding hydrogens is 224 g/mol. The number of rotatable bonds is 8. The summed E-state index contributed by atoms with van der Waals surface area (Å²) >= 11 is 0. The lowest BCUT2D eigenvalue weighted by Gasteiger charge is -2.44. The molecule has 1 rings (SSSR count). The predicted octanol–water partition coefficient (Wildman–Crippen LogP) is 3.38. The van der Waals surface area contributed by atoms with Gasteiger partial charge in [-0.15, -0.1) is 0 Å². The van der Waals surface area contributed by atoms with E-state index >= 15 is 0 Å². The summed E-state index contributed by atoms with van der Waals surface area (Å²) in [7, 11) is 1.85. The second kappa shape index (κ2) is 8.13. The van der Waals surface area contributed by atoms with Gasteiger partial charge in [0, 0.05) is 7.11 Å². The normalized spacial score (nSPS) is 30.3. The first kappa shape index (κ1) is 15.9. The van der Waals surface area contributed by atoms with Crippen LogP contribution in [0.3, 0.4) is 0 Å². The number of hydrogen-bond acceptors (Lipinski definition) is 3. The molecule has 1 saturated carbocycles. The summed E-state index contributed by atoms with van der Waals surface area (Å²) < 4.78 is 5.89. The molecule has 0 aliphatic heterocycles. The van der Waals surface area contributed by atoms with Crippen LogP contribution in [-0.2, 0) is 4.74 Å². The molecule has 1 aliphatic rings. The number of hydrazine groups is 1. The van der Waals surface area contributed by atoms with Crippen molar-refractivity contribution in [2.45, 2.75) is 83.3 Å². The van der Waals surface area contributed by atoms with E-state index in [1.807, 2.05) is 7.11 Å². The summed E-state index contributed by atoms with van der Waals surface area (Å²) in [5.41, 5.74) is 3.01. The lowest BCUT2D eigenvalue weighted by molar-refractivity contribution is -0.0769. The number of nitrogens with two attached hydrogens (primary N) is 1. The molecule has 0 spiro atoms. The molecule has 0 heterocycles. The third-order valence-corrected chi connectivity index (χ3v) is 4.71. The third kappa shape index (κ3) is 4.22. The Bertz CT molecular complexity index is 213. The van der Waals surface area contributed by atoms with Crippen LogP contribution in [0.15, 0.2) is 0 Å². The molecule has 0 radical (unpaired) electrons. The summed E-state index contributed by atoms with van der Waals surface area (Å²) in [6.07, 6.45) is 11.1. The summed E-state index contributed by atoms with van der Waals surface area (Å²) in [5.74, 6) is 6.62. The number of ether oxygens (including phenoxy) is 1. The van der Waals surface area contributed by atoms with Gasteiger partial charge in [-0.1, -0.05) is 39.5 Å². The van der Waals surface area contributed by atoms with E-state index < -0.39 is 0 Å². The molecule has 1 unspecified atom stereocenters. The minimum atomic E-state index is -0.0204. The van der Waals surface area contributed by atoms with Crippen LogP contribution in [0.4, 0.5) is 0 Å². The van der Waals surface area contributed by atoms with Gasteiger partial charge in [0.25, 0.3) is 0 Å². The molecule has 0 bridgehead atoms. The molecule has 0 aromatic rings. The molecule has 1 aliphatic carbocycles. The number of nitrogens with one attached hydrogen (secondary N) is 1. The Morgan fingerprint density at radius 2 is 1.94 bits per heavy atom. The van der Waals surface area contributed by atoms with Gasteiger partial charge >= 0.3 is 0 Å². The van der Waals surface area contributed by atoms with Gasteiger partial charge in [-0.25, -0.2) is 0 Å². The van der Waals surface area contributed by atoms with Crippen LogP contribution in [0.2, 0.25) is 0 Å². The molecule has 18 heavy (non-hydrogen) atoms. The molecule has 0 aromatic carbocycles. The van der Waals surface area contributed by atoms with E-state index in [9.17, 15) is 0 Å². The van der Waals surface area contributed by atoms with Crippen molar-refractivity contribution in [3.05, 3.63) is 0 Å². The highest BCUT2D eigenvalue weighted by Crippen LogP contribution is 2.38. The molecule has 3 nitrogen and oxygen atoms in total. The average molecular weight is 256 g/mol. The van der Waals surface area contributed by atoms with Crippen LogP contribution >= 0.6 is 0 Å². The fraction of sp³-hybridized carbons (Fsp3) is 1.00. The summed E-state index contributed by atoms with van der Waals surface area (Å²) in [5, 5.41) is 0. The lowest BCUT2D eigenvalue weighted by atomic mass is 9.74. The first-order chi connectivity index (χ1) is 8.68. The Hall–Kier alpha value is -0.120. The van der Waals surface area contributed by atoms with E-state index in [2.05, 4.69) is 19.3 Å². The Morgan fingerprint density at radius 3 is 2.44 bits per heavy atom. The zero-order chi connectivity index (χ0) is 13.4. The monoisotopic (exact) mass is 256 g/mol. The lowest BCUT2D eigenvalue weighted by Crippen LogP contribution is -2.56. The maximum absolute atomic E-state index is 5.89. The maximum atomic E-state index is 5.89. The molecule has 0 aromatic heterocycles. The standard InChI is InChI=1S/C15H32N2O/c1-4-5-6-7-8-14(17-16)15(18-3)11-9-13(2)10-12-15/h13-14,17H,4-12,16H2,1-3H3. The van der Waals surface area contributed by atoms with Gasteiger partial charge in [-0.2, -0.15) is 0 Å². The zero-order valence-electron chi connectivity index (χ0n) is 12.5. The van der Waals surface area contributed by atoms with Crippen molar-refractivity contribution in [3.63, 3.8) is 0 Å². The summed E-state index contributed by atoms with van der Waals surface area (Å²) in [4.78, 5) is 0. The number of unbranched alkanes of at least 4 members (excludes halogenated alkanes) is 3. The fourth-order valence-corrected chi connectivity index (χ4v) is 3.22. The largest absolute Gasteiger partial charge is 0.377 e. The number of methoxy groups -OCH3 is 1.